The van der Waals surface area contributed by atoms with Crippen LogP contribution in [0.5, 0.6) is 0 Å². The second-order valence-electron chi connectivity index (χ2n) is 8.63. The summed E-state index contributed by atoms with van der Waals surface area (Å²) in [5.41, 5.74) is 3.23. The van der Waals surface area contributed by atoms with Crippen LogP contribution in [0.4, 0.5) is 0 Å². The molecule has 0 saturated heterocycles. The van der Waals surface area contributed by atoms with Crippen LogP contribution < -0.4 is 0 Å². The van der Waals surface area contributed by atoms with Gasteiger partial charge in [-0.25, -0.2) is 8.42 Å². The molecule has 0 fully saturated rings. The van der Waals surface area contributed by atoms with E-state index in [9.17, 15) is 8.42 Å². The number of quaternary nitrogens is 1. The van der Waals surface area contributed by atoms with Crippen molar-refractivity contribution in [2.24, 2.45) is 0 Å². The van der Waals surface area contributed by atoms with Crippen LogP contribution in [-0.2, 0) is 16.6 Å². The maximum Gasteiger partial charge on any atom is 0.243 e. The van der Waals surface area contributed by atoms with Crippen molar-refractivity contribution < 1.29 is 12.9 Å². The second-order valence-corrected chi connectivity index (χ2v) is 11.4. The Morgan fingerprint density at radius 2 is 1.52 bits per heavy atom. The van der Waals surface area contributed by atoms with Gasteiger partial charge in [0.15, 0.2) is 0 Å². The van der Waals surface area contributed by atoms with Gasteiger partial charge in [0.2, 0.25) is 10.0 Å². The molecule has 0 aromatic heterocycles. The molecule has 0 atom stereocenters. The van der Waals surface area contributed by atoms with Gasteiger partial charge in [-0.15, -0.1) is 0 Å². The molecule has 4 nitrogen and oxygen atoms in total. The zero-order valence-corrected chi connectivity index (χ0v) is 20.2. The van der Waals surface area contributed by atoms with Crippen LogP contribution in [0.15, 0.2) is 41.3 Å². The van der Waals surface area contributed by atoms with Gasteiger partial charge in [-0.3, -0.25) is 0 Å². The molecule has 7 heteroatoms. The zero-order valence-electron chi connectivity index (χ0n) is 17.9. The first kappa shape index (κ1) is 24.2. The minimum Gasteiger partial charge on any atom is -0.331 e. The van der Waals surface area contributed by atoms with Crippen LogP contribution in [0.3, 0.4) is 0 Å². The minimum atomic E-state index is -3.70. The molecular formula is C22H31Cl2N2O2S+. The number of aryl methyl sites for hydroxylation is 2. The summed E-state index contributed by atoms with van der Waals surface area (Å²) in [4.78, 5) is 0.169. The number of hydrogen-bond donors (Lipinski definition) is 0. The van der Waals surface area contributed by atoms with Crippen molar-refractivity contribution in [3.05, 3.63) is 63.1 Å². The van der Waals surface area contributed by atoms with Crippen molar-refractivity contribution in [3.63, 3.8) is 0 Å². The van der Waals surface area contributed by atoms with Crippen molar-refractivity contribution in [1.82, 2.24) is 4.31 Å². The predicted octanol–water partition coefficient (Wildman–Crippen LogP) is 5.29. The van der Waals surface area contributed by atoms with E-state index in [1.807, 2.05) is 26.0 Å². The van der Waals surface area contributed by atoms with Crippen LogP contribution in [-0.4, -0.2) is 51.4 Å². The molecule has 2 aromatic rings. The quantitative estimate of drug-likeness (QED) is 0.378. The first-order valence-electron chi connectivity index (χ1n) is 9.71. The summed E-state index contributed by atoms with van der Waals surface area (Å²) in [6.07, 6.45) is 1.74. The van der Waals surface area contributed by atoms with Crippen LogP contribution in [0.2, 0.25) is 10.0 Å². The molecule has 0 amide bonds. The van der Waals surface area contributed by atoms with Gasteiger partial charge in [-0.2, -0.15) is 4.31 Å². The lowest BCUT2D eigenvalue weighted by Gasteiger charge is -2.26. The van der Waals surface area contributed by atoms with Crippen LogP contribution in [0, 0.1) is 13.8 Å². The van der Waals surface area contributed by atoms with E-state index in [0.29, 0.717) is 18.1 Å². The maximum absolute atomic E-state index is 13.4. The molecule has 29 heavy (non-hydrogen) atoms. The first-order chi connectivity index (χ1) is 13.4. The van der Waals surface area contributed by atoms with Crippen molar-refractivity contribution in [1.29, 1.82) is 0 Å². The van der Waals surface area contributed by atoms with Crippen molar-refractivity contribution in [2.45, 2.75) is 38.1 Å². The summed E-state index contributed by atoms with van der Waals surface area (Å²) in [5.74, 6) is 0. The Balaban J connectivity index is 2.30. The molecule has 0 aliphatic carbocycles. The fourth-order valence-corrected chi connectivity index (χ4v) is 5.17. The number of unbranched alkanes of at least 4 members (excludes halogenated alkanes) is 1. The molecule has 0 radical (unpaired) electrons. The van der Waals surface area contributed by atoms with Crippen molar-refractivity contribution in [3.8, 4) is 0 Å². The van der Waals surface area contributed by atoms with Gasteiger partial charge in [0.05, 0.1) is 42.6 Å². The molecule has 2 rings (SSSR count). The topological polar surface area (TPSA) is 37.4 Å². The lowest BCUT2D eigenvalue weighted by molar-refractivity contribution is -0.870. The van der Waals surface area contributed by atoms with Gasteiger partial charge in [0, 0.05) is 13.1 Å². The van der Waals surface area contributed by atoms with E-state index in [4.69, 9.17) is 23.2 Å². The maximum atomic E-state index is 13.4. The van der Waals surface area contributed by atoms with E-state index in [-0.39, 0.29) is 9.92 Å². The predicted molar refractivity (Wildman–Crippen MR) is 122 cm³/mol. The molecule has 0 saturated carbocycles. The zero-order chi connectivity index (χ0) is 21.8. The molecule has 160 valence electrons. The lowest BCUT2D eigenvalue weighted by atomic mass is 10.1. The van der Waals surface area contributed by atoms with Gasteiger partial charge in [-0.1, -0.05) is 52.5 Å². The normalized spacial score (nSPS) is 12.6. The highest BCUT2D eigenvalue weighted by atomic mass is 35.5. The lowest BCUT2D eigenvalue weighted by Crippen LogP contribution is -2.36. The van der Waals surface area contributed by atoms with E-state index in [2.05, 4.69) is 27.2 Å². The number of halogens is 2. The Hall–Kier alpha value is -1.11. The molecule has 2 aromatic carbocycles. The average molecular weight is 458 g/mol. The Kier molecular flexibility index (Phi) is 8.16. The van der Waals surface area contributed by atoms with E-state index in [1.165, 1.54) is 18.2 Å². The van der Waals surface area contributed by atoms with Crippen LogP contribution in [0.1, 0.15) is 29.5 Å². The Labute approximate surface area is 185 Å². The van der Waals surface area contributed by atoms with Gasteiger partial charge in [-0.05, 0) is 50.5 Å². The van der Waals surface area contributed by atoms with Crippen molar-refractivity contribution >= 4 is 33.2 Å². The number of nitrogens with zero attached hydrogens (tertiary/aromatic N) is 2. The third kappa shape index (κ3) is 7.26. The molecule has 0 bridgehead atoms. The Morgan fingerprint density at radius 1 is 0.897 bits per heavy atom. The fraction of sp³-hybridized carbons (Fsp3) is 0.455. The molecular weight excluding hydrogens is 427 g/mol. The third-order valence-electron chi connectivity index (χ3n) is 4.66. The smallest absolute Gasteiger partial charge is 0.243 e. The van der Waals surface area contributed by atoms with Crippen LogP contribution >= 0.6 is 23.2 Å². The van der Waals surface area contributed by atoms with Gasteiger partial charge in [0.25, 0.3) is 0 Å². The Bertz CT molecular complexity index is 934. The summed E-state index contributed by atoms with van der Waals surface area (Å²) >= 11 is 12.1. The minimum absolute atomic E-state index is 0.169. The summed E-state index contributed by atoms with van der Waals surface area (Å²) in [6, 6.07) is 10.6. The third-order valence-corrected chi connectivity index (χ3v) is 7.24. The van der Waals surface area contributed by atoms with E-state index in [1.54, 1.807) is 4.31 Å². The average Bonchev–Trinajstić information content (AvgIpc) is 2.58. The first-order valence-corrected chi connectivity index (χ1v) is 11.9. The number of sulfonamides is 1. The highest BCUT2D eigenvalue weighted by Gasteiger charge is 2.25. The highest BCUT2D eigenvalue weighted by molar-refractivity contribution is 7.89. The standard InChI is InChI=1S/C22H31Cl2N2O2S/c1-17-12-18(2)14-19(13-17)16-25(10-6-7-11-26(3,4)5)29(27,28)20-8-9-21(23)22(24)15-20/h8-9,12-15H,6-7,10-11,16H2,1-5H3/q+1. The number of benzene rings is 2. The summed E-state index contributed by atoms with van der Waals surface area (Å²) < 4.78 is 29.2. The Morgan fingerprint density at radius 3 is 2.07 bits per heavy atom. The molecule has 0 aliphatic heterocycles. The number of rotatable bonds is 9. The van der Waals surface area contributed by atoms with Crippen LogP contribution in [0.25, 0.3) is 0 Å². The monoisotopic (exact) mass is 457 g/mol. The van der Waals surface area contributed by atoms with Gasteiger partial charge < -0.3 is 4.48 Å². The van der Waals surface area contributed by atoms with Crippen molar-refractivity contribution in [2.75, 3.05) is 34.2 Å². The summed E-state index contributed by atoms with van der Waals surface area (Å²) in [6.45, 7) is 5.82. The van der Waals surface area contributed by atoms with E-state index in [0.717, 1.165) is 40.6 Å². The fourth-order valence-electron chi connectivity index (χ4n) is 3.31. The molecule has 0 spiro atoms. The van der Waals surface area contributed by atoms with E-state index < -0.39 is 10.0 Å². The van der Waals surface area contributed by atoms with Gasteiger partial charge in [0.1, 0.15) is 0 Å². The summed E-state index contributed by atoms with van der Waals surface area (Å²) in [5, 5.41) is 0.582. The highest BCUT2D eigenvalue weighted by Crippen LogP contribution is 2.27. The largest absolute Gasteiger partial charge is 0.331 e. The molecule has 0 heterocycles. The van der Waals surface area contributed by atoms with Gasteiger partial charge >= 0.3 is 0 Å². The second kappa shape index (κ2) is 9.80. The molecule has 0 aliphatic rings. The van der Waals surface area contributed by atoms with E-state index >= 15 is 0 Å². The molecule has 0 unspecified atom stereocenters. The number of hydrogen-bond acceptors (Lipinski definition) is 2. The summed E-state index contributed by atoms with van der Waals surface area (Å²) in [7, 11) is 2.72. The SMILES string of the molecule is Cc1cc(C)cc(CN(CCCC[N+](C)(C)C)S(=O)(=O)c2ccc(Cl)c(Cl)c2)c1. The molecule has 0 N–H and O–H groups in total.